The first kappa shape index (κ1) is 57.6. The van der Waals surface area contributed by atoms with E-state index in [1.807, 2.05) is 0 Å². The molecule has 0 spiro atoms. The van der Waals surface area contributed by atoms with E-state index >= 15 is 0 Å². The van der Waals surface area contributed by atoms with Crippen molar-refractivity contribution in [2.75, 3.05) is 6.61 Å². The van der Waals surface area contributed by atoms with Gasteiger partial charge in [-0.3, -0.25) is 9.59 Å². The third-order valence-corrected chi connectivity index (χ3v) is 11.4. The van der Waals surface area contributed by atoms with E-state index in [1.165, 1.54) is 116 Å². The topological polar surface area (TPSA) is 95.9 Å². The predicted molar refractivity (Wildman–Crippen MR) is 259 cm³/mol. The summed E-state index contributed by atoms with van der Waals surface area (Å²) in [4.78, 5) is 26.1. The molecule has 0 radical (unpaired) electrons. The zero-order chi connectivity index (χ0) is 43.8. The fourth-order valence-corrected chi connectivity index (χ4v) is 7.52. The van der Waals surface area contributed by atoms with Gasteiger partial charge in [0.15, 0.2) is 0 Å². The molecule has 3 atom stereocenters. The number of carbonyl (C=O) groups excluding carboxylic acids is 2. The Labute approximate surface area is 371 Å². The number of hydrogen-bond donors (Lipinski definition) is 3. The summed E-state index contributed by atoms with van der Waals surface area (Å²) in [6, 6.07) is -0.706. The van der Waals surface area contributed by atoms with Crippen molar-refractivity contribution in [3.63, 3.8) is 0 Å². The quantitative estimate of drug-likeness (QED) is 0.0246. The van der Waals surface area contributed by atoms with Crippen LogP contribution in [0.5, 0.6) is 0 Å². The smallest absolute Gasteiger partial charge is 0.306 e. The molecule has 0 rings (SSSR count). The molecule has 3 unspecified atom stereocenters. The molecule has 0 aliphatic rings. The minimum Gasteiger partial charge on any atom is -0.462 e. The molecule has 1 amide bonds. The molecule has 0 aliphatic heterocycles. The summed E-state index contributed by atoms with van der Waals surface area (Å²) in [5.74, 6) is -0.494. The highest BCUT2D eigenvalue weighted by Crippen LogP contribution is 2.18. The summed E-state index contributed by atoms with van der Waals surface area (Å²) in [5, 5.41) is 23.7. The van der Waals surface area contributed by atoms with Gasteiger partial charge in [0.05, 0.1) is 25.2 Å². The first-order chi connectivity index (χ1) is 29.5. The van der Waals surface area contributed by atoms with Crippen LogP contribution < -0.4 is 5.32 Å². The highest BCUT2D eigenvalue weighted by Gasteiger charge is 2.24. The van der Waals surface area contributed by atoms with Gasteiger partial charge < -0.3 is 20.3 Å². The van der Waals surface area contributed by atoms with Crippen LogP contribution in [0.1, 0.15) is 245 Å². The van der Waals surface area contributed by atoms with Crippen LogP contribution in [-0.2, 0) is 14.3 Å². The molecule has 0 aliphatic carbocycles. The van der Waals surface area contributed by atoms with Crippen molar-refractivity contribution in [2.45, 2.75) is 264 Å². The fourth-order valence-electron chi connectivity index (χ4n) is 7.52. The Morgan fingerprint density at radius 1 is 0.517 bits per heavy atom. The Balaban J connectivity index is 4.61. The number of hydrogen-bond acceptors (Lipinski definition) is 5. The molecular formula is C54H97NO5. The van der Waals surface area contributed by atoms with Gasteiger partial charge >= 0.3 is 5.97 Å². The number of unbranched alkanes of at least 4 members (excludes halogenated alkanes) is 25. The second-order valence-electron chi connectivity index (χ2n) is 17.2. The van der Waals surface area contributed by atoms with E-state index in [4.69, 9.17) is 4.74 Å². The summed E-state index contributed by atoms with van der Waals surface area (Å²) in [6.07, 6.45) is 58.5. The first-order valence-electron chi connectivity index (χ1n) is 25.5. The molecule has 6 nitrogen and oxygen atoms in total. The molecule has 0 aromatic rings. The van der Waals surface area contributed by atoms with Crippen molar-refractivity contribution in [2.24, 2.45) is 0 Å². The van der Waals surface area contributed by atoms with Crippen LogP contribution in [0.2, 0.25) is 0 Å². The maximum absolute atomic E-state index is 13.2. The standard InChI is InChI=1S/C54H97NO5/c1-4-7-10-13-16-19-21-23-25-26-28-29-31-34-36-39-42-45-50(48-53(58)55-51(49-56)52(57)46-43-40-37-33-18-15-12-9-6-3)60-54(59)47-44-41-38-35-32-30-27-24-22-20-17-14-11-8-5-2/h8,11,14,16-17,19-20,22-23,25,50-52,56-57H,4-7,9-10,12-13,15,18,21,24,26-49H2,1-3H3,(H,55,58)/b11-8+,17-14+,19-16-,22-20+,25-23-. The van der Waals surface area contributed by atoms with E-state index < -0.39 is 18.2 Å². The third-order valence-electron chi connectivity index (χ3n) is 11.4. The van der Waals surface area contributed by atoms with Crippen molar-refractivity contribution in [3.05, 3.63) is 60.8 Å². The Morgan fingerprint density at radius 3 is 1.52 bits per heavy atom. The van der Waals surface area contributed by atoms with Crippen molar-refractivity contribution >= 4 is 11.9 Å². The number of rotatable bonds is 45. The van der Waals surface area contributed by atoms with Crippen LogP contribution in [0.4, 0.5) is 0 Å². The number of amides is 1. The van der Waals surface area contributed by atoms with E-state index in [2.05, 4.69) is 86.8 Å². The molecular weight excluding hydrogens is 743 g/mol. The summed E-state index contributed by atoms with van der Waals surface area (Å²) in [5.41, 5.74) is 0. The van der Waals surface area contributed by atoms with Gasteiger partial charge in [0, 0.05) is 6.42 Å². The van der Waals surface area contributed by atoms with Gasteiger partial charge in [-0.25, -0.2) is 0 Å². The van der Waals surface area contributed by atoms with Crippen LogP contribution in [0, 0.1) is 0 Å². The number of carbonyl (C=O) groups is 2. The monoisotopic (exact) mass is 840 g/mol. The lowest BCUT2D eigenvalue weighted by molar-refractivity contribution is -0.151. The largest absolute Gasteiger partial charge is 0.462 e. The second kappa shape index (κ2) is 47.6. The molecule has 0 fully saturated rings. The van der Waals surface area contributed by atoms with E-state index in [0.29, 0.717) is 19.3 Å². The SMILES string of the molecule is CC/C=C/C=C/C=C/CCCCCCCCCC(=O)OC(CCCCCCCCC/C=C\C/C=C\CCCCC)CC(=O)NC(CO)C(O)CCCCCCCCCCC. The van der Waals surface area contributed by atoms with Crippen LogP contribution in [0.25, 0.3) is 0 Å². The van der Waals surface area contributed by atoms with Crippen molar-refractivity contribution in [3.8, 4) is 0 Å². The summed E-state index contributed by atoms with van der Waals surface area (Å²) in [6.45, 7) is 6.31. The molecule has 0 aromatic heterocycles. The number of aliphatic hydroxyl groups is 2. The number of ether oxygens (including phenoxy) is 1. The molecule has 0 heterocycles. The zero-order valence-corrected chi connectivity index (χ0v) is 39.6. The number of esters is 1. The van der Waals surface area contributed by atoms with Crippen LogP contribution in [0.3, 0.4) is 0 Å². The van der Waals surface area contributed by atoms with Gasteiger partial charge in [-0.05, 0) is 77.0 Å². The molecule has 348 valence electrons. The average molecular weight is 840 g/mol. The number of aliphatic hydroxyl groups excluding tert-OH is 2. The van der Waals surface area contributed by atoms with Gasteiger partial charge in [-0.15, -0.1) is 0 Å². The Kier molecular flexibility index (Phi) is 45.7. The molecule has 0 bridgehead atoms. The normalized spacial score (nSPS) is 13.8. The third kappa shape index (κ3) is 42.3. The van der Waals surface area contributed by atoms with Crippen LogP contribution in [0.15, 0.2) is 60.8 Å². The zero-order valence-electron chi connectivity index (χ0n) is 39.6. The molecule has 0 saturated heterocycles. The van der Waals surface area contributed by atoms with Gasteiger partial charge in [-0.2, -0.15) is 0 Å². The van der Waals surface area contributed by atoms with E-state index in [1.54, 1.807) is 0 Å². The number of nitrogens with one attached hydrogen (secondary N) is 1. The second-order valence-corrected chi connectivity index (χ2v) is 17.2. The molecule has 0 saturated carbocycles. The lowest BCUT2D eigenvalue weighted by Gasteiger charge is -2.24. The lowest BCUT2D eigenvalue weighted by atomic mass is 10.0. The molecule has 60 heavy (non-hydrogen) atoms. The van der Waals surface area contributed by atoms with E-state index in [0.717, 1.165) is 83.5 Å². The minimum absolute atomic E-state index is 0.0660. The molecule has 3 N–H and O–H groups in total. The van der Waals surface area contributed by atoms with Crippen molar-refractivity contribution < 1.29 is 24.5 Å². The molecule has 0 aromatic carbocycles. The Hall–Kier alpha value is -2.44. The van der Waals surface area contributed by atoms with E-state index in [-0.39, 0.29) is 24.9 Å². The van der Waals surface area contributed by atoms with Crippen molar-refractivity contribution in [1.29, 1.82) is 0 Å². The summed E-state index contributed by atoms with van der Waals surface area (Å²) in [7, 11) is 0. The van der Waals surface area contributed by atoms with Gasteiger partial charge in [0.2, 0.25) is 5.91 Å². The van der Waals surface area contributed by atoms with Crippen LogP contribution in [-0.4, -0.2) is 46.9 Å². The number of allylic oxidation sites excluding steroid dienone is 10. The van der Waals surface area contributed by atoms with Gasteiger partial charge in [-0.1, -0.05) is 216 Å². The summed E-state index contributed by atoms with van der Waals surface area (Å²) < 4.78 is 5.93. The fraction of sp³-hybridized carbons (Fsp3) is 0.778. The van der Waals surface area contributed by atoms with Gasteiger partial charge in [0.1, 0.15) is 6.10 Å². The first-order valence-corrected chi connectivity index (χ1v) is 25.5. The Morgan fingerprint density at radius 2 is 0.967 bits per heavy atom. The van der Waals surface area contributed by atoms with Crippen LogP contribution >= 0.6 is 0 Å². The lowest BCUT2D eigenvalue weighted by Crippen LogP contribution is -2.46. The highest BCUT2D eigenvalue weighted by molar-refractivity contribution is 5.77. The highest BCUT2D eigenvalue weighted by atomic mass is 16.5. The van der Waals surface area contributed by atoms with Gasteiger partial charge in [0.25, 0.3) is 0 Å². The average Bonchev–Trinajstić information content (AvgIpc) is 3.24. The maximum Gasteiger partial charge on any atom is 0.306 e. The maximum atomic E-state index is 13.2. The van der Waals surface area contributed by atoms with Crippen molar-refractivity contribution in [1.82, 2.24) is 5.32 Å². The predicted octanol–water partition coefficient (Wildman–Crippen LogP) is 15.2. The molecule has 6 heteroatoms. The minimum atomic E-state index is -0.792. The Bertz CT molecular complexity index is 1080. The summed E-state index contributed by atoms with van der Waals surface area (Å²) >= 11 is 0. The van der Waals surface area contributed by atoms with E-state index in [9.17, 15) is 19.8 Å².